The van der Waals surface area contributed by atoms with Gasteiger partial charge in [-0.3, -0.25) is 4.79 Å². The topological polar surface area (TPSA) is 52.6 Å². The summed E-state index contributed by atoms with van der Waals surface area (Å²) in [5.74, 6) is 1.86. The van der Waals surface area contributed by atoms with Crippen molar-refractivity contribution in [2.75, 3.05) is 26.7 Å². The minimum Gasteiger partial charge on any atom is -0.387 e. The first-order chi connectivity index (χ1) is 8.61. The molecule has 4 heteroatoms. The molecule has 1 amide bonds. The van der Waals surface area contributed by atoms with Crippen molar-refractivity contribution in [3.05, 3.63) is 0 Å². The van der Waals surface area contributed by atoms with Crippen LogP contribution in [0.3, 0.4) is 0 Å². The van der Waals surface area contributed by atoms with Crippen LogP contribution in [0.25, 0.3) is 0 Å². The molecule has 3 unspecified atom stereocenters. The van der Waals surface area contributed by atoms with Crippen LogP contribution in [0.5, 0.6) is 0 Å². The summed E-state index contributed by atoms with van der Waals surface area (Å²) >= 11 is 0. The third kappa shape index (κ3) is 2.16. The number of hydrogen-bond acceptors (Lipinski definition) is 3. The Hall–Kier alpha value is -0.610. The van der Waals surface area contributed by atoms with Gasteiger partial charge in [0.15, 0.2) is 0 Å². The molecular formula is C14H24N2O2. The van der Waals surface area contributed by atoms with E-state index in [1.807, 2.05) is 7.05 Å². The Morgan fingerprint density at radius 1 is 1.39 bits per heavy atom. The second kappa shape index (κ2) is 4.49. The van der Waals surface area contributed by atoms with Crippen molar-refractivity contribution in [1.82, 2.24) is 10.2 Å². The van der Waals surface area contributed by atoms with Crippen molar-refractivity contribution < 1.29 is 9.90 Å². The molecule has 1 aliphatic heterocycles. The monoisotopic (exact) mass is 252 g/mol. The molecule has 1 saturated heterocycles. The van der Waals surface area contributed by atoms with Crippen LogP contribution in [-0.2, 0) is 4.79 Å². The number of carbonyl (C=O) groups excluding carboxylic acids is 1. The van der Waals surface area contributed by atoms with Crippen molar-refractivity contribution >= 4 is 5.91 Å². The number of fused-ring (bicyclic) bond motifs is 1. The van der Waals surface area contributed by atoms with E-state index in [1.165, 1.54) is 25.7 Å². The second-order valence-corrected chi connectivity index (χ2v) is 6.48. The smallest absolute Gasteiger partial charge is 0.226 e. The van der Waals surface area contributed by atoms with Crippen molar-refractivity contribution in [1.29, 1.82) is 0 Å². The lowest BCUT2D eigenvalue weighted by atomic mass is 10.0. The van der Waals surface area contributed by atoms with Gasteiger partial charge in [-0.1, -0.05) is 12.8 Å². The van der Waals surface area contributed by atoms with E-state index in [0.29, 0.717) is 24.9 Å². The van der Waals surface area contributed by atoms with Gasteiger partial charge < -0.3 is 15.3 Å². The van der Waals surface area contributed by atoms with E-state index in [4.69, 9.17) is 0 Å². The van der Waals surface area contributed by atoms with E-state index in [0.717, 1.165) is 13.0 Å². The highest BCUT2D eigenvalue weighted by atomic mass is 16.3. The summed E-state index contributed by atoms with van der Waals surface area (Å²) < 4.78 is 0. The summed E-state index contributed by atoms with van der Waals surface area (Å²) in [6, 6.07) is 0. The average molecular weight is 252 g/mol. The van der Waals surface area contributed by atoms with E-state index in [1.54, 1.807) is 4.90 Å². The third-order valence-corrected chi connectivity index (χ3v) is 5.07. The molecule has 0 aromatic heterocycles. The van der Waals surface area contributed by atoms with Crippen LogP contribution in [0.15, 0.2) is 0 Å². The first-order valence-electron chi connectivity index (χ1n) is 7.29. The third-order valence-electron chi connectivity index (χ3n) is 5.07. The molecular weight excluding hydrogens is 228 g/mol. The molecule has 3 fully saturated rings. The molecule has 4 nitrogen and oxygen atoms in total. The van der Waals surface area contributed by atoms with Gasteiger partial charge >= 0.3 is 0 Å². The number of β-amino-alcohol motifs (C(OH)–C–C–N with tert-alkyl or cyclic N) is 1. The predicted molar refractivity (Wildman–Crippen MR) is 69.0 cm³/mol. The van der Waals surface area contributed by atoms with Crippen molar-refractivity contribution in [3.8, 4) is 0 Å². The highest BCUT2D eigenvalue weighted by Crippen LogP contribution is 2.56. The lowest BCUT2D eigenvalue weighted by molar-refractivity contribution is -0.134. The first kappa shape index (κ1) is 12.4. The highest BCUT2D eigenvalue weighted by molar-refractivity contribution is 5.82. The molecule has 3 atom stereocenters. The van der Waals surface area contributed by atoms with E-state index >= 15 is 0 Å². The zero-order valence-corrected chi connectivity index (χ0v) is 11.2. The normalized spacial score (nSPS) is 42.4. The fourth-order valence-electron chi connectivity index (χ4n) is 4.00. The van der Waals surface area contributed by atoms with E-state index in [9.17, 15) is 9.90 Å². The maximum atomic E-state index is 12.4. The van der Waals surface area contributed by atoms with Gasteiger partial charge in [0, 0.05) is 19.5 Å². The lowest BCUT2D eigenvalue weighted by Gasteiger charge is -2.28. The van der Waals surface area contributed by atoms with Gasteiger partial charge in [0.2, 0.25) is 5.91 Å². The molecule has 18 heavy (non-hydrogen) atoms. The van der Waals surface area contributed by atoms with Crippen molar-refractivity contribution in [2.45, 2.75) is 37.7 Å². The Morgan fingerprint density at radius 3 is 2.61 bits per heavy atom. The Kier molecular flexibility index (Phi) is 3.10. The number of nitrogens with one attached hydrogen (secondary N) is 1. The Labute approximate surface area is 109 Å². The standard InChI is InChI=1S/C14H24N2O2/c1-16(9-14(18)6-7-15-8-14)13(17)12-10-4-2-3-5-11(10)12/h10-12,15,18H,2-9H2,1H3. The minimum absolute atomic E-state index is 0.271. The average Bonchev–Trinajstić information content (AvgIpc) is 2.94. The van der Waals surface area contributed by atoms with Gasteiger partial charge in [-0.15, -0.1) is 0 Å². The summed E-state index contributed by atoms with van der Waals surface area (Å²) in [5.41, 5.74) is -0.704. The van der Waals surface area contributed by atoms with E-state index in [-0.39, 0.29) is 11.8 Å². The summed E-state index contributed by atoms with van der Waals surface area (Å²) in [4.78, 5) is 14.2. The number of carbonyl (C=O) groups is 1. The van der Waals surface area contributed by atoms with Gasteiger partial charge in [-0.2, -0.15) is 0 Å². The van der Waals surface area contributed by atoms with Crippen molar-refractivity contribution in [2.24, 2.45) is 17.8 Å². The molecule has 1 heterocycles. The number of aliphatic hydroxyl groups is 1. The Bertz CT molecular complexity index is 327. The zero-order chi connectivity index (χ0) is 12.8. The molecule has 2 aliphatic carbocycles. The fraction of sp³-hybridized carbons (Fsp3) is 0.929. The molecule has 0 aromatic carbocycles. The van der Waals surface area contributed by atoms with Crippen LogP contribution in [-0.4, -0.2) is 48.2 Å². The predicted octanol–water partition coefficient (Wildman–Crippen LogP) is 0.605. The molecule has 102 valence electrons. The van der Waals surface area contributed by atoms with Crippen LogP contribution < -0.4 is 5.32 Å². The number of rotatable bonds is 3. The number of likely N-dealkylation sites (N-methyl/N-ethyl adjacent to an activating group) is 1. The quantitative estimate of drug-likeness (QED) is 0.773. The lowest BCUT2D eigenvalue weighted by Crippen LogP contribution is -2.46. The van der Waals surface area contributed by atoms with Gasteiger partial charge in [0.1, 0.15) is 0 Å². The zero-order valence-electron chi connectivity index (χ0n) is 11.2. The molecule has 0 bridgehead atoms. The molecule has 2 saturated carbocycles. The van der Waals surface area contributed by atoms with E-state index < -0.39 is 5.60 Å². The molecule has 0 radical (unpaired) electrons. The molecule has 0 aromatic rings. The summed E-state index contributed by atoms with van der Waals surface area (Å²) in [5, 5.41) is 13.5. The van der Waals surface area contributed by atoms with Gasteiger partial charge in [-0.25, -0.2) is 0 Å². The Balaban J connectivity index is 1.56. The summed E-state index contributed by atoms with van der Waals surface area (Å²) in [6.45, 7) is 1.95. The number of amides is 1. The van der Waals surface area contributed by atoms with Crippen molar-refractivity contribution in [3.63, 3.8) is 0 Å². The Morgan fingerprint density at radius 2 is 2.06 bits per heavy atom. The van der Waals surface area contributed by atoms with Crippen LogP contribution in [0.2, 0.25) is 0 Å². The van der Waals surface area contributed by atoms with Gasteiger partial charge in [-0.05, 0) is 37.6 Å². The molecule has 2 N–H and O–H groups in total. The SMILES string of the molecule is CN(CC1(O)CCNC1)C(=O)C1C2CCCCC21. The van der Waals surface area contributed by atoms with Crippen LogP contribution in [0, 0.1) is 17.8 Å². The number of nitrogens with zero attached hydrogens (tertiary/aromatic N) is 1. The summed E-state index contributed by atoms with van der Waals surface area (Å²) in [7, 11) is 1.85. The van der Waals surface area contributed by atoms with Crippen LogP contribution in [0.4, 0.5) is 0 Å². The van der Waals surface area contributed by atoms with E-state index in [2.05, 4.69) is 5.32 Å². The van der Waals surface area contributed by atoms with Crippen LogP contribution >= 0.6 is 0 Å². The maximum Gasteiger partial charge on any atom is 0.226 e. The fourth-order valence-corrected chi connectivity index (χ4v) is 4.00. The molecule has 0 spiro atoms. The van der Waals surface area contributed by atoms with Crippen LogP contribution in [0.1, 0.15) is 32.1 Å². The van der Waals surface area contributed by atoms with Gasteiger partial charge in [0.25, 0.3) is 0 Å². The second-order valence-electron chi connectivity index (χ2n) is 6.48. The maximum absolute atomic E-state index is 12.4. The molecule has 3 rings (SSSR count). The minimum atomic E-state index is -0.704. The summed E-state index contributed by atoms with van der Waals surface area (Å²) in [6.07, 6.45) is 5.81. The highest BCUT2D eigenvalue weighted by Gasteiger charge is 2.55. The number of hydrogen-bond donors (Lipinski definition) is 2. The largest absolute Gasteiger partial charge is 0.387 e. The first-order valence-corrected chi connectivity index (χ1v) is 7.29. The molecule has 3 aliphatic rings. The van der Waals surface area contributed by atoms with Gasteiger partial charge in [0.05, 0.1) is 12.1 Å².